The molecule has 0 aliphatic rings. The van der Waals surface area contributed by atoms with E-state index >= 15 is 0 Å². The van der Waals surface area contributed by atoms with Crippen LogP contribution < -0.4 is 5.84 Å². The van der Waals surface area contributed by atoms with Crippen molar-refractivity contribution in [3.05, 3.63) is 9.81 Å². The van der Waals surface area contributed by atoms with Gasteiger partial charge in [-0.25, -0.2) is 0 Å². The lowest BCUT2D eigenvalue weighted by Gasteiger charge is -2.04. The van der Waals surface area contributed by atoms with E-state index in [9.17, 15) is 14.6 Å². The van der Waals surface area contributed by atoms with Gasteiger partial charge in [0.1, 0.15) is 6.04 Å². The van der Waals surface area contributed by atoms with Gasteiger partial charge in [-0.3, -0.25) is 4.79 Å². The average molecular weight is 173 g/mol. The van der Waals surface area contributed by atoms with Crippen LogP contribution in [0.4, 0.5) is 0 Å². The van der Waals surface area contributed by atoms with Crippen molar-refractivity contribution in [2.24, 2.45) is 26.5 Å². The highest BCUT2D eigenvalue weighted by atomic mass is 16.3. The van der Waals surface area contributed by atoms with E-state index in [0.29, 0.717) is 0 Å². The number of rotatable bonds is 4. The second kappa shape index (κ2) is 4.99. The highest BCUT2D eigenvalue weighted by molar-refractivity contribution is 5.83. The van der Waals surface area contributed by atoms with Gasteiger partial charge in [0.05, 0.1) is 0 Å². The van der Waals surface area contributed by atoms with Crippen molar-refractivity contribution in [2.45, 2.75) is 19.0 Å². The summed E-state index contributed by atoms with van der Waals surface area (Å²) in [6.45, 7) is 1.30. The van der Waals surface area contributed by atoms with Crippen molar-refractivity contribution in [1.82, 2.24) is 0 Å². The quantitative estimate of drug-likeness (QED) is 0.280. The molecule has 2 atom stereocenters. The maximum Gasteiger partial charge on any atom is 0.314 e. The lowest BCUT2D eigenvalue weighted by Crippen LogP contribution is -2.27. The Kier molecular flexibility index (Phi) is 4.27. The molecular formula is C4H7N5O3. The Morgan fingerprint density at radius 1 is 1.42 bits per heavy atom. The Labute approximate surface area is 67.1 Å². The van der Waals surface area contributed by atoms with Crippen LogP contribution in [0.3, 0.4) is 0 Å². The van der Waals surface area contributed by atoms with Crippen LogP contribution in [-0.4, -0.2) is 18.0 Å². The zero-order valence-electron chi connectivity index (χ0n) is 6.25. The molecule has 0 bridgehead atoms. The topological polar surface area (TPSA) is 127 Å². The maximum absolute atomic E-state index is 10.6. The molecule has 0 unspecified atom stereocenters. The first-order chi connectivity index (χ1) is 5.67. The highest BCUT2D eigenvalue weighted by Gasteiger charge is 2.26. The molecule has 0 heterocycles. The Balaban J connectivity index is 4.52. The number of amides is 1. The summed E-state index contributed by atoms with van der Waals surface area (Å²) in [5, 5.41) is 10.5. The third-order valence-electron chi connectivity index (χ3n) is 1.16. The van der Waals surface area contributed by atoms with E-state index in [-0.39, 0.29) is 0 Å². The van der Waals surface area contributed by atoms with Crippen LogP contribution >= 0.6 is 0 Å². The molecule has 1 amide bonds. The highest BCUT2D eigenvalue weighted by Crippen LogP contribution is 2.05. The summed E-state index contributed by atoms with van der Waals surface area (Å²) in [5.41, 5.74) is 0. The van der Waals surface area contributed by atoms with Crippen LogP contribution in [0, 0.1) is 9.81 Å². The number of nitrogens with zero attached hydrogens (tertiary/aromatic N) is 4. The van der Waals surface area contributed by atoms with Crippen LogP contribution in [0.15, 0.2) is 20.7 Å². The summed E-state index contributed by atoms with van der Waals surface area (Å²) in [5.74, 6) is 3.52. The Morgan fingerprint density at radius 3 is 2.33 bits per heavy atom. The largest absolute Gasteiger partial charge is 0.314 e. The molecule has 0 radical (unpaired) electrons. The molecule has 8 nitrogen and oxygen atoms in total. The van der Waals surface area contributed by atoms with Gasteiger partial charge in [-0.05, 0) is 6.92 Å². The summed E-state index contributed by atoms with van der Waals surface area (Å²) in [7, 11) is 0. The Bertz CT molecular complexity index is 215. The minimum absolute atomic E-state index is 0.998. The molecule has 0 aliphatic carbocycles. The molecule has 66 valence electrons. The zero-order chi connectivity index (χ0) is 9.56. The van der Waals surface area contributed by atoms with Crippen LogP contribution in [0.1, 0.15) is 6.92 Å². The third kappa shape index (κ3) is 2.48. The SMILES string of the molecule is C[C@@H](N=O)[C@H](N=NN)C(=O)N=O. The van der Waals surface area contributed by atoms with Gasteiger partial charge in [-0.15, -0.1) is 4.91 Å². The van der Waals surface area contributed by atoms with E-state index in [1.54, 1.807) is 0 Å². The minimum atomic E-state index is -1.30. The predicted octanol–water partition coefficient (Wildman–Crippen LogP) is 0.129. The van der Waals surface area contributed by atoms with Crippen molar-refractivity contribution in [3.63, 3.8) is 0 Å². The van der Waals surface area contributed by atoms with Crippen molar-refractivity contribution < 1.29 is 4.79 Å². The second-order valence-corrected chi connectivity index (χ2v) is 1.95. The molecule has 0 rings (SSSR count). The summed E-state index contributed by atoms with van der Waals surface area (Å²) in [6, 6.07) is -2.30. The fraction of sp³-hybridized carbons (Fsp3) is 0.750. The van der Waals surface area contributed by atoms with Gasteiger partial charge >= 0.3 is 5.91 Å². The zero-order valence-corrected chi connectivity index (χ0v) is 6.25. The molecule has 0 aromatic rings. The molecule has 0 aromatic carbocycles. The third-order valence-corrected chi connectivity index (χ3v) is 1.16. The Morgan fingerprint density at radius 2 is 2.00 bits per heavy atom. The van der Waals surface area contributed by atoms with Crippen molar-refractivity contribution in [1.29, 1.82) is 0 Å². The molecule has 0 fully saturated rings. The van der Waals surface area contributed by atoms with E-state index in [4.69, 9.17) is 0 Å². The number of nitrogens with two attached hydrogens (primary N) is 1. The lowest BCUT2D eigenvalue weighted by molar-refractivity contribution is -0.119. The van der Waals surface area contributed by atoms with Crippen LogP contribution in [0.5, 0.6) is 0 Å². The fourth-order valence-electron chi connectivity index (χ4n) is 0.536. The first-order valence-electron chi connectivity index (χ1n) is 2.97. The fourth-order valence-corrected chi connectivity index (χ4v) is 0.536. The van der Waals surface area contributed by atoms with Crippen molar-refractivity contribution in [3.8, 4) is 0 Å². The predicted molar refractivity (Wildman–Crippen MR) is 38.9 cm³/mol. The standard InChI is InChI=1S/C4H7N5O3/c1-2(7-11)3(6-9-5)4(10)8-12/h2-3H,1H3,(H2,5,6)/t2-,3+/m1/s1. The van der Waals surface area contributed by atoms with Gasteiger partial charge in [0.2, 0.25) is 0 Å². The first kappa shape index (κ1) is 10.3. The molecule has 0 aliphatic heterocycles. The van der Waals surface area contributed by atoms with E-state index < -0.39 is 18.0 Å². The molecule has 0 spiro atoms. The number of hydrogen-bond acceptors (Lipinski definition) is 6. The minimum Gasteiger partial charge on any atom is -0.305 e. The molecule has 2 N–H and O–H groups in total. The monoisotopic (exact) mass is 173 g/mol. The van der Waals surface area contributed by atoms with E-state index in [1.165, 1.54) is 6.92 Å². The lowest BCUT2D eigenvalue weighted by atomic mass is 10.1. The molecule has 0 saturated heterocycles. The summed E-state index contributed by atoms with van der Waals surface area (Å²) < 4.78 is 0. The van der Waals surface area contributed by atoms with Crippen LogP contribution in [-0.2, 0) is 4.79 Å². The van der Waals surface area contributed by atoms with Crippen molar-refractivity contribution >= 4 is 5.91 Å². The number of carbonyl (C=O) groups is 1. The van der Waals surface area contributed by atoms with Gasteiger partial charge in [-0.2, -0.15) is 10.0 Å². The first-order valence-corrected chi connectivity index (χ1v) is 2.97. The van der Waals surface area contributed by atoms with Gasteiger partial charge in [0.25, 0.3) is 0 Å². The Hall–Kier alpha value is -1.73. The maximum atomic E-state index is 10.6. The van der Waals surface area contributed by atoms with Gasteiger partial charge in [0, 0.05) is 5.18 Å². The van der Waals surface area contributed by atoms with Gasteiger partial charge in [0.15, 0.2) is 6.04 Å². The number of carbonyl (C=O) groups excluding carboxylic acids is 1. The summed E-state index contributed by atoms with van der Waals surface area (Å²) in [6.07, 6.45) is 0. The van der Waals surface area contributed by atoms with E-state index in [1.807, 2.05) is 0 Å². The molecule has 0 aromatic heterocycles. The molecule has 8 heteroatoms. The van der Waals surface area contributed by atoms with E-state index in [0.717, 1.165) is 0 Å². The van der Waals surface area contributed by atoms with Crippen LogP contribution in [0.25, 0.3) is 0 Å². The molecule has 0 saturated carbocycles. The second-order valence-electron chi connectivity index (χ2n) is 1.95. The van der Waals surface area contributed by atoms with Gasteiger partial charge < -0.3 is 5.84 Å². The van der Waals surface area contributed by atoms with E-state index in [2.05, 4.69) is 26.5 Å². The van der Waals surface area contributed by atoms with Crippen molar-refractivity contribution in [2.75, 3.05) is 0 Å². The molecular weight excluding hydrogens is 166 g/mol. The number of hydrogen-bond donors (Lipinski definition) is 1. The van der Waals surface area contributed by atoms with Crippen LogP contribution in [0.2, 0.25) is 0 Å². The number of nitroso groups, excluding NO2 is 2. The summed E-state index contributed by atoms with van der Waals surface area (Å²) in [4.78, 5) is 30.3. The normalized spacial score (nSPS) is 15.4. The summed E-state index contributed by atoms with van der Waals surface area (Å²) >= 11 is 0. The smallest absolute Gasteiger partial charge is 0.305 e. The molecule has 12 heavy (non-hydrogen) atoms. The average Bonchev–Trinajstić information content (AvgIpc) is 2.11. The van der Waals surface area contributed by atoms with Gasteiger partial charge in [-0.1, -0.05) is 10.4 Å².